The molecule has 8 heteroatoms. The molecule has 0 N–H and O–H groups in total. The van der Waals surface area contributed by atoms with Crippen molar-refractivity contribution in [2.45, 2.75) is 18.2 Å². The molecule has 4 rings (SSSR count). The standard InChI is InChI=1S/C19H17ClN2O3S2/c1-12-3-2-4-13(9-12)18(23)21-19-22(15-7-5-14(20)6-8-15)16-10-27(24,25)11-17(16)26-19/h2-9,16-17H,10-11H2,1H3/t16-,17-/m1/s1. The number of benzene rings is 2. The molecular weight excluding hydrogens is 404 g/mol. The van der Waals surface area contributed by atoms with E-state index in [1.807, 2.05) is 36.1 Å². The van der Waals surface area contributed by atoms with Gasteiger partial charge in [-0.2, -0.15) is 4.99 Å². The van der Waals surface area contributed by atoms with Gasteiger partial charge in [0.25, 0.3) is 5.91 Å². The van der Waals surface area contributed by atoms with Crippen molar-refractivity contribution >= 4 is 50.0 Å². The van der Waals surface area contributed by atoms with Crippen molar-refractivity contribution in [3.05, 3.63) is 64.7 Å². The number of aryl methyl sites for hydroxylation is 1. The Bertz CT molecular complexity index is 1040. The van der Waals surface area contributed by atoms with E-state index >= 15 is 0 Å². The summed E-state index contributed by atoms with van der Waals surface area (Å²) in [5.74, 6) is -0.169. The summed E-state index contributed by atoms with van der Waals surface area (Å²) < 4.78 is 24.2. The van der Waals surface area contributed by atoms with Crippen LogP contribution in [-0.2, 0) is 9.84 Å². The van der Waals surface area contributed by atoms with Crippen molar-refractivity contribution in [2.24, 2.45) is 4.99 Å². The van der Waals surface area contributed by atoms with Crippen LogP contribution in [0.5, 0.6) is 0 Å². The molecule has 2 aliphatic heterocycles. The van der Waals surface area contributed by atoms with E-state index in [1.165, 1.54) is 11.8 Å². The Morgan fingerprint density at radius 3 is 2.63 bits per heavy atom. The highest BCUT2D eigenvalue weighted by atomic mass is 35.5. The Balaban J connectivity index is 1.72. The number of rotatable bonds is 2. The summed E-state index contributed by atoms with van der Waals surface area (Å²) in [6.07, 6.45) is 0. The maximum atomic E-state index is 12.7. The van der Waals surface area contributed by atoms with Crippen molar-refractivity contribution in [3.8, 4) is 0 Å². The van der Waals surface area contributed by atoms with Gasteiger partial charge in [-0.05, 0) is 43.3 Å². The fourth-order valence-corrected chi connectivity index (χ4v) is 7.44. The van der Waals surface area contributed by atoms with Crippen LogP contribution in [0.2, 0.25) is 5.02 Å². The SMILES string of the molecule is Cc1cccc(C(=O)N=C2S[C@@H]3CS(=O)(=O)C[C@H]3N2c2ccc(Cl)cc2)c1. The van der Waals surface area contributed by atoms with E-state index in [2.05, 4.69) is 4.99 Å². The van der Waals surface area contributed by atoms with E-state index in [0.29, 0.717) is 15.8 Å². The first kappa shape index (κ1) is 18.5. The minimum absolute atomic E-state index is 0.0605. The quantitative estimate of drug-likeness (QED) is 0.743. The molecule has 140 valence electrons. The van der Waals surface area contributed by atoms with E-state index in [9.17, 15) is 13.2 Å². The summed E-state index contributed by atoms with van der Waals surface area (Å²) >= 11 is 7.35. The molecule has 0 saturated carbocycles. The number of aliphatic imine (C=N–C) groups is 1. The van der Waals surface area contributed by atoms with Crippen LogP contribution in [0.15, 0.2) is 53.5 Å². The van der Waals surface area contributed by atoms with Gasteiger partial charge in [0.15, 0.2) is 15.0 Å². The number of carbonyl (C=O) groups is 1. The fourth-order valence-electron chi connectivity index (χ4n) is 3.40. The molecule has 2 saturated heterocycles. The summed E-state index contributed by atoms with van der Waals surface area (Å²) in [7, 11) is -3.09. The molecule has 1 amide bonds. The highest BCUT2D eigenvalue weighted by molar-refractivity contribution is 8.16. The number of sulfone groups is 1. The maximum Gasteiger partial charge on any atom is 0.279 e. The lowest BCUT2D eigenvalue weighted by atomic mass is 10.1. The normalized spacial score (nSPS) is 25.0. The molecule has 0 unspecified atom stereocenters. The summed E-state index contributed by atoms with van der Waals surface area (Å²) in [4.78, 5) is 18.9. The van der Waals surface area contributed by atoms with Crippen molar-refractivity contribution < 1.29 is 13.2 Å². The van der Waals surface area contributed by atoms with Crippen molar-refractivity contribution in [1.82, 2.24) is 0 Å². The molecule has 5 nitrogen and oxygen atoms in total. The van der Waals surface area contributed by atoms with Gasteiger partial charge in [0, 0.05) is 21.5 Å². The first-order chi connectivity index (χ1) is 12.8. The first-order valence-electron chi connectivity index (χ1n) is 8.44. The van der Waals surface area contributed by atoms with Crippen LogP contribution in [0.1, 0.15) is 15.9 Å². The number of anilines is 1. The topological polar surface area (TPSA) is 66.8 Å². The van der Waals surface area contributed by atoms with Crippen LogP contribution in [-0.4, -0.2) is 42.3 Å². The fraction of sp³-hybridized carbons (Fsp3) is 0.263. The molecule has 27 heavy (non-hydrogen) atoms. The van der Waals surface area contributed by atoms with Gasteiger partial charge in [0.2, 0.25) is 0 Å². The summed E-state index contributed by atoms with van der Waals surface area (Å²) in [5.41, 5.74) is 2.29. The molecule has 2 fully saturated rings. The largest absolute Gasteiger partial charge is 0.316 e. The third-order valence-electron chi connectivity index (χ3n) is 4.63. The molecule has 0 spiro atoms. The molecule has 2 aromatic carbocycles. The Labute approximate surface area is 167 Å². The van der Waals surface area contributed by atoms with Gasteiger partial charge in [0.05, 0.1) is 17.5 Å². The number of carbonyl (C=O) groups excluding carboxylic acids is 1. The average molecular weight is 421 g/mol. The van der Waals surface area contributed by atoms with Gasteiger partial charge < -0.3 is 4.90 Å². The number of fused-ring (bicyclic) bond motifs is 1. The summed E-state index contributed by atoms with van der Waals surface area (Å²) in [6.45, 7) is 1.92. The van der Waals surface area contributed by atoms with Crippen LogP contribution in [0, 0.1) is 6.92 Å². The Kier molecular flexibility index (Phi) is 4.78. The molecule has 0 aromatic heterocycles. The van der Waals surface area contributed by atoms with Crippen LogP contribution in [0.3, 0.4) is 0 Å². The Hall–Kier alpha value is -1.83. The smallest absolute Gasteiger partial charge is 0.279 e. The molecule has 2 aromatic rings. The third kappa shape index (κ3) is 3.77. The van der Waals surface area contributed by atoms with E-state index in [1.54, 1.807) is 24.3 Å². The van der Waals surface area contributed by atoms with Crippen LogP contribution in [0.4, 0.5) is 5.69 Å². The van der Waals surface area contributed by atoms with E-state index in [-0.39, 0.29) is 28.7 Å². The number of hydrogen-bond acceptors (Lipinski definition) is 4. The van der Waals surface area contributed by atoms with E-state index < -0.39 is 9.84 Å². The monoisotopic (exact) mass is 420 g/mol. The van der Waals surface area contributed by atoms with E-state index in [0.717, 1.165) is 11.3 Å². The average Bonchev–Trinajstić information content (AvgIpc) is 3.07. The van der Waals surface area contributed by atoms with Crippen molar-refractivity contribution in [2.75, 3.05) is 16.4 Å². The number of thioether (sulfide) groups is 1. The second-order valence-corrected chi connectivity index (χ2v) is 10.5. The molecule has 2 atom stereocenters. The lowest BCUT2D eigenvalue weighted by molar-refractivity contribution is 0.100. The number of halogens is 1. The predicted molar refractivity (Wildman–Crippen MR) is 111 cm³/mol. The number of amides is 1. The minimum atomic E-state index is -3.09. The molecule has 0 aliphatic carbocycles. The van der Waals surface area contributed by atoms with Crippen LogP contribution in [0.25, 0.3) is 0 Å². The number of amidine groups is 1. The van der Waals surface area contributed by atoms with Gasteiger partial charge in [0.1, 0.15) is 0 Å². The first-order valence-corrected chi connectivity index (χ1v) is 11.5. The van der Waals surface area contributed by atoms with Gasteiger partial charge in [-0.15, -0.1) is 0 Å². The number of hydrogen-bond donors (Lipinski definition) is 0. The van der Waals surface area contributed by atoms with Gasteiger partial charge in [-0.25, -0.2) is 8.42 Å². The van der Waals surface area contributed by atoms with Crippen LogP contribution >= 0.6 is 23.4 Å². The zero-order valence-corrected chi connectivity index (χ0v) is 16.9. The minimum Gasteiger partial charge on any atom is -0.316 e. The third-order valence-corrected chi connectivity index (χ3v) is 8.10. The zero-order valence-electron chi connectivity index (χ0n) is 14.5. The van der Waals surface area contributed by atoms with Crippen molar-refractivity contribution in [1.29, 1.82) is 0 Å². The molecular formula is C19H17ClN2O3S2. The summed E-state index contributed by atoms with van der Waals surface area (Å²) in [5, 5.41) is 0.999. The van der Waals surface area contributed by atoms with Gasteiger partial charge in [-0.1, -0.05) is 41.1 Å². The highest BCUT2D eigenvalue weighted by Crippen LogP contribution is 2.41. The van der Waals surface area contributed by atoms with Crippen LogP contribution < -0.4 is 4.90 Å². The molecule has 2 heterocycles. The molecule has 2 aliphatic rings. The molecule has 0 radical (unpaired) electrons. The lowest BCUT2D eigenvalue weighted by Crippen LogP contribution is -2.37. The second kappa shape index (κ2) is 6.96. The van der Waals surface area contributed by atoms with Gasteiger partial charge >= 0.3 is 0 Å². The Morgan fingerprint density at radius 1 is 1.19 bits per heavy atom. The number of nitrogens with zero attached hydrogens (tertiary/aromatic N) is 2. The lowest BCUT2D eigenvalue weighted by Gasteiger charge is -2.24. The van der Waals surface area contributed by atoms with E-state index in [4.69, 9.17) is 11.6 Å². The van der Waals surface area contributed by atoms with Gasteiger partial charge in [-0.3, -0.25) is 4.79 Å². The molecule has 0 bridgehead atoms. The highest BCUT2D eigenvalue weighted by Gasteiger charge is 2.49. The van der Waals surface area contributed by atoms with Crippen molar-refractivity contribution in [3.63, 3.8) is 0 Å². The predicted octanol–water partition coefficient (Wildman–Crippen LogP) is 3.56. The zero-order chi connectivity index (χ0) is 19.2. The Morgan fingerprint density at radius 2 is 1.93 bits per heavy atom. The second-order valence-electron chi connectivity index (χ2n) is 6.72. The summed E-state index contributed by atoms with van der Waals surface area (Å²) in [6, 6.07) is 14.2. The maximum absolute atomic E-state index is 12.7.